The van der Waals surface area contributed by atoms with Crippen LogP contribution in [-0.4, -0.2) is 18.5 Å². The average molecular weight is 438 g/mol. The van der Waals surface area contributed by atoms with Crippen LogP contribution in [-0.2, 0) is 18.0 Å². The summed E-state index contributed by atoms with van der Waals surface area (Å²) >= 11 is 0. The maximum atomic E-state index is 13.2. The molecule has 162 valence electrons. The zero-order valence-electron chi connectivity index (χ0n) is 18.6. The zero-order chi connectivity index (χ0) is 22.5. The molecule has 0 unspecified atom stereocenters. The molecule has 0 radical (unpaired) electrons. The van der Waals surface area contributed by atoms with E-state index >= 15 is 0 Å². The Kier molecular flexibility index (Phi) is 5.35. The van der Waals surface area contributed by atoms with Gasteiger partial charge in [0.05, 0.1) is 26.6 Å². The fourth-order valence-corrected chi connectivity index (χ4v) is 4.40. The van der Waals surface area contributed by atoms with Gasteiger partial charge in [-0.05, 0) is 63.9 Å². The molecule has 2 heterocycles. The van der Waals surface area contributed by atoms with Crippen LogP contribution < -0.4 is 10.3 Å². The molecule has 0 bridgehead atoms. The molecule has 0 fully saturated rings. The lowest BCUT2D eigenvalue weighted by Crippen LogP contribution is -2.35. The minimum Gasteiger partial charge on any atom is -0.453 e. The molecule has 4 rings (SSSR count). The van der Waals surface area contributed by atoms with Gasteiger partial charge in [0.15, 0.2) is 11.6 Å². The van der Waals surface area contributed by atoms with E-state index in [0.29, 0.717) is 22.5 Å². The van der Waals surface area contributed by atoms with Gasteiger partial charge in [-0.15, -0.1) is 0 Å². The van der Waals surface area contributed by atoms with Crippen LogP contribution in [0.4, 0.5) is 0 Å². The standard InChI is InChI=1S/C24H27N3O3S/c1-14-11-17(15(2)26-31(29)24(3,4)5)21-18(12-14)23(28)27(6)22(25-21)20-13-16-9-7-8-10-19(16)30-20/h7-13,15,26H,1-6H3/t15-,31-/m1/s1. The Morgan fingerprint density at radius 2 is 1.87 bits per heavy atom. The number of nitrogens with one attached hydrogen (secondary N) is 1. The molecule has 6 nitrogen and oxygen atoms in total. The summed E-state index contributed by atoms with van der Waals surface area (Å²) in [7, 11) is 0.445. The Labute approximate surface area is 183 Å². The maximum Gasteiger partial charge on any atom is 0.261 e. The van der Waals surface area contributed by atoms with Crippen LogP contribution in [0.5, 0.6) is 0 Å². The van der Waals surface area contributed by atoms with E-state index in [4.69, 9.17) is 9.40 Å². The van der Waals surface area contributed by atoms with Crippen LogP contribution in [0.25, 0.3) is 33.5 Å². The molecular weight excluding hydrogens is 410 g/mol. The third-order valence-corrected chi connectivity index (χ3v) is 6.99. The monoisotopic (exact) mass is 437 g/mol. The molecule has 0 aliphatic rings. The van der Waals surface area contributed by atoms with Gasteiger partial charge in [-0.2, -0.15) is 0 Å². The molecule has 0 amide bonds. The van der Waals surface area contributed by atoms with Gasteiger partial charge in [0.2, 0.25) is 0 Å². The van der Waals surface area contributed by atoms with E-state index in [1.54, 1.807) is 7.05 Å². The topological polar surface area (TPSA) is 77.1 Å². The minimum atomic E-state index is -1.26. The summed E-state index contributed by atoms with van der Waals surface area (Å²) in [6, 6.07) is 13.2. The van der Waals surface area contributed by atoms with E-state index in [1.165, 1.54) is 4.57 Å². The third-order valence-electron chi connectivity index (χ3n) is 5.31. The van der Waals surface area contributed by atoms with Crippen LogP contribution in [0.15, 0.2) is 51.7 Å². The maximum absolute atomic E-state index is 13.2. The molecular formula is C24H27N3O3S. The smallest absolute Gasteiger partial charge is 0.261 e. The number of benzene rings is 2. The second-order valence-electron chi connectivity index (χ2n) is 8.92. The second-order valence-corrected chi connectivity index (χ2v) is 10.9. The van der Waals surface area contributed by atoms with Gasteiger partial charge in [-0.1, -0.05) is 24.3 Å². The number of aromatic nitrogens is 2. The van der Waals surface area contributed by atoms with E-state index in [9.17, 15) is 9.00 Å². The van der Waals surface area contributed by atoms with Crippen molar-refractivity contribution in [3.63, 3.8) is 0 Å². The summed E-state index contributed by atoms with van der Waals surface area (Å²) in [5.41, 5.74) is 2.98. The average Bonchev–Trinajstić information content (AvgIpc) is 3.13. The predicted octanol–water partition coefficient (Wildman–Crippen LogP) is 4.77. The number of aryl methyl sites for hydroxylation is 1. The summed E-state index contributed by atoms with van der Waals surface area (Å²) in [5, 5.41) is 1.49. The first-order chi connectivity index (χ1) is 14.6. The van der Waals surface area contributed by atoms with Crippen molar-refractivity contribution in [1.29, 1.82) is 0 Å². The Morgan fingerprint density at radius 3 is 2.55 bits per heavy atom. The van der Waals surface area contributed by atoms with Crippen molar-refractivity contribution in [1.82, 2.24) is 14.3 Å². The molecule has 0 saturated heterocycles. The molecule has 0 aliphatic heterocycles. The fourth-order valence-electron chi connectivity index (χ4n) is 3.60. The van der Waals surface area contributed by atoms with Crippen molar-refractivity contribution in [3.8, 4) is 11.6 Å². The number of hydrogen-bond acceptors (Lipinski definition) is 4. The molecule has 0 saturated carbocycles. The van der Waals surface area contributed by atoms with E-state index in [1.807, 2.05) is 77.1 Å². The van der Waals surface area contributed by atoms with E-state index in [2.05, 4.69) is 4.72 Å². The Balaban J connectivity index is 1.92. The minimum absolute atomic E-state index is 0.144. The van der Waals surface area contributed by atoms with Crippen LogP contribution in [0, 0.1) is 6.92 Å². The highest BCUT2D eigenvalue weighted by Gasteiger charge is 2.24. The predicted molar refractivity (Wildman–Crippen MR) is 126 cm³/mol. The lowest BCUT2D eigenvalue weighted by molar-refractivity contribution is 0.614. The van der Waals surface area contributed by atoms with Gasteiger partial charge < -0.3 is 4.42 Å². The summed E-state index contributed by atoms with van der Waals surface area (Å²) in [4.78, 5) is 18.1. The lowest BCUT2D eigenvalue weighted by atomic mass is 10.0. The van der Waals surface area contributed by atoms with Gasteiger partial charge in [0, 0.05) is 18.5 Å². The first-order valence-corrected chi connectivity index (χ1v) is 11.4. The van der Waals surface area contributed by atoms with Crippen molar-refractivity contribution in [2.75, 3.05) is 0 Å². The molecule has 4 aromatic rings. The highest BCUT2D eigenvalue weighted by atomic mass is 32.2. The van der Waals surface area contributed by atoms with Crippen LogP contribution in [0.2, 0.25) is 0 Å². The second kappa shape index (κ2) is 7.73. The van der Waals surface area contributed by atoms with E-state index < -0.39 is 15.7 Å². The zero-order valence-corrected chi connectivity index (χ0v) is 19.5. The summed E-state index contributed by atoms with van der Waals surface area (Å²) in [6.07, 6.45) is 0. The molecule has 1 N–H and O–H groups in total. The summed E-state index contributed by atoms with van der Waals surface area (Å²) < 4.78 is 22.9. The number of hydrogen-bond donors (Lipinski definition) is 1. The first-order valence-electron chi connectivity index (χ1n) is 10.2. The Hall–Kier alpha value is -2.77. The van der Waals surface area contributed by atoms with E-state index in [0.717, 1.165) is 22.1 Å². The van der Waals surface area contributed by atoms with Gasteiger partial charge in [-0.3, -0.25) is 9.36 Å². The van der Waals surface area contributed by atoms with Crippen LogP contribution in [0.1, 0.15) is 44.9 Å². The number of nitrogens with zero attached hydrogens (tertiary/aromatic N) is 2. The number of furan rings is 1. The lowest BCUT2D eigenvalue weighted by Gasteiger charge is -2.23. The summed E-state index contributed by atoms with van der Waals surface area (Å²) in [5.74, 6) is 0.996. The normalized spacial score (nSPS) is 14.3. The first kappa shape index (κ1) is 21.5. The SMILES string of the molecule is Cc1cc([C@@H](C)N[S@](=O)C(C)(C)C)c2nc(-c3cc4ccccc4o3)n(C)c(=O)c2c1. The number of para-hydroxylation sites is 1. The third kappa shape index (κ3) is 3.95. The fraction of sp³-hybridized carbons (Fsp3) is 0.333. The molecule has 2 aromatic carbocycles. The Morgan fingerprint density at radius 1 is 1.16 bits per heavy atom. The van der Waals surface area contributed by atoms with Crippen molar-refractivity contribution in [2.45, 2.75) is 45.4 Å². The molecule has 2 aromatic heterocycles. The Bertz CT molecular complexity index is 1350. The number of fused-ring (bicyclic) bond motifs is 2. The van der Waals surface area contributed by atoms with E-state index in [-0.39, 0.29) is 11.6 Å². The molecule has 2 atom stereocenters. The molecule has 0 spiro atoms. The highest BCUT2D eigenvalue weighted by molar-refractivity contribution is 7.84. The van der Waals surface area contributed by atoms with Gasteiger partial charge in [-0.25, -0.2) is 13.9 Å². The molecule has 7 heteroatoms. The van der Waals surface area contributed by atoms with Crippen LogP contribution >= 0.6 is 0 Å². The number of rotatable bonds is 4. The van der Waals surface area contributed by atoms with Crippen molar-refractivity contribution < 1.29 is 8.63 Å². The highest BCUT2D eigenvalue weighted by Crippen LogP contribution is 2.29. The molecule has 31 heavy (non-hydrogen) atoms. The quantitative estimate of drug-likeness (QED) is 0.499. The van der Waals surface area contributed by atoms with Crippen molar-refractivity contribution in [2.24, 2.45) is 7.05 Å². The van der Waals surface area contributed by atoms with Crippen molar-refractivity contribution >= 4 is 32.9 Å². The van der Waals surface area contributed by atoms with Gasteiger partial charge in [0.1, 0.15) is 5.58 Å². The molecule has 0 aliphatic carbocycles. The van der Waals surface area contributed by atoms with Crippen molar-refractivity contribution in [3.05, 3.63) is 63.9 Å². The van der Waals surface area contributed by atoms with Gasteiger partial charge >= 0.3 is 0 Å². The van der Waals surface area contributed by atoms with Gasteiger partial charge in [0.25, 0.3) is 5.56 Å². The van der Waals surface area contributed by atoms with Crippen LogP contribution in [0.3, 0.4) is 0 Å². The largest absolute Gasteiger partial charge is 0.453 e. The summed E-state index contributed by atoms with van der Waals surface area (Å²) in [6.45, 7) is 9.65.